The predicted molar refractivity (Wildman–Crippen MR) is 76.4 cm³/mol. The summed E-state index contributed by atoms with van der Waals surface area (Å²) in [5, 5.41) is 3.52. The number of aryl methyl sites for hydroxylation is 1. The van der Waals surface area contributed by atoms with Crippen molar-refractivity contribution in [3.8, 4) is 11.1 Å². The lowest BCUT2D eigenvalue weighted by Crippen LogP contribution is -2.15. The second-order valence-corrected chi connectivity index (χ2v) is 5.33. The normalized spacial score (nSPS) is 14.6. The van der Waals surface area contributed by atoms with Crippen molar-refractivity contribution < 1.29 is 4.39 Å². The van der Waals surface area contributed by atoms with Crippen molar-refractivity contribution in [2.75, 3.05) is 0 Å². The lowest BCUT2D eigenvalue weighted by Gasteiger charge is -2.12. The van der Waals surface area contributed by atoms with Crippen LogP contribution in [0, 0.1) is 12.7 Å². The van der Waals surface area contributed by atoms with Crippen LogP contribution in [0.4, 0.5) is 4.39 Å². The topological polar surface area (TPSA) is 12.0 Å². The zero-order valence-corrected chi connectivity index (χ0v) is 11.1. The Hall–Kier alpha value is -1.67. The molecule has 0 atom stereocenters. The highest BCUT2D eigenvalue weighted by Gasteiger charge is 2.20. The zero-order valence-electron chi connectivity index (χ0n) is 11.1. The van der Waals surface area contributed by atoms with E-state index in [4.69, 9.17) is 0 Å². The maximum Gasteiger partial charge on any atom is 0.123 e. The van der Waals surface area contributed by atoms with E-state index < -0.39 is 0 Å². The van der Waals surface area contributed by atoms with E-state index in [0.717, 1.165) is 17.7 Å². The molecule has 0 saturated heterocycles. The smallest absolute Gasteiger partial charge is 0.123 e. The van der Waals surface area contributed by atoms with Gasteiger partial charge in [-0.15, -0.1) is 0 Å². The minimum absolute atomic E-state index is 0.180. The highest BCUT2D eigenvalue weighted by Crippen LogP contribution is 2.27. The fourth-order valence-electron chi connectivity index (χ4n) is 2.31. The number of hydrogen-bond acceptors (Lipinski definition) is 1. The molecule has 1 aliphatic carbocycles. The maximum atomic E-state index is 13.4. The van der Waals surface area contributed by atoms with Crippen LogP contribution < -0.4 is 5.32 Å². The van der Waals surface area contributed by atoms with Crippen molar-refractivity contribution in [2.45, 2.75) is 32.4 Å². The first-order valence-electron chi connectivity index (χ1n) is 6.81. The van der Waals surface area contributed by atoms with E-state index in [2.05, 4.69) is 30.4 Å². The molecule has 1 fully saturated rings. The first-order chi connectivity index (χ1) is 9.22. The van der Waals surface area contributed by atoms with Crippen LogP contribution in [0.1, 0.15) is 24.0 Å². The van der Waals surface area contributed by atoms with Gasteiger partial charge in [-0.2, -0.15) is 0 Å². The molecule has 2 heteroatoms. The van der Waals surface area contributed by atoms with E-state index >= 15 is 0 Å². The SMILES string of the molecule is Cc1ccc(CNC2CC2)c(-c2cccc(F)c2)c1. The Morgan fingerprint density at radius 3 is 2.74 bits per heavy atom. The number of rotatable bonds is 4. The first-order valence-corrected chi connectivity index (χ1v) is 6.81. The molecule has 98 valence electrons. The van der Waals surface area contributed by atoms with Gasteiger partial charge in [-0.1, -0.05) is 35.9 Å². The van der Waals surface area contributed by atoms with Gasteiger partial charge in [-0.3, -0.25) is 0 Å². The molecular formula is C17H18FN. The second kappa shape index (κ2) is 5.14. The average Bonchev–Trinajstić information content (AvgIpc) is 3.21. The minimum Gasteiger partial charge on any atom is -0.310 e. The average molecular weight is 255 g/mol. The van der Waals surface area contributed by atoms with Gasteiger partial charge >= 0.3 is 0 Å². The predicted octanol–water partition coefficient (Wildman–Crippen LogP) is 4.05. The molecule has 1 saturated carbocycles. The molecule has 1 N–H and O–H groups in total. The van der Waals surface area contributed by atoms with E-state index in [0.29, 0.717) is 6.04 Å². The van der Waals surface area contributed by atoms with Crippen molar-refractivity contribution in [3.05, 3.63) is 59.4 Å². The standard InChI is InChI=1S/C17H18FN/c1-12-5-6-14(11-19-16-7-8-16)17(9-12)13-3-2-4-15(18)10-13/h2-6,9-10,16,19H,7-8,11H2,1H3. The second-order valence-electron chi connectivity index (χ2n) is 5.33. The minimum atomic E-state index is -0.180. The van der Waals surface area contributed by atoms with Gasteiger partial charge in [0, 0.05) is 12.6 Å². The number of halogens is 1. The van der Waals surface area contributed by atoms with Gasteiger partial charge in [0.05, 0.1) is 0 Å². The van der Waals surface area contributed by atoms with Crippen LogP contribution in [0.2, 0.25) is 0 Å². The number of benzene rings is 2. The van der Waals surface area contributed by atoms with Gasteiger partial charge in [-0.25, -0.2) is 4.39 Å². The molecule has 3 rings (SSSR count). The lowest BCUT2D eigenvalue weighted by atomic mass is 9.97. The van der Waals surface area contributed by atoms with Crippen LogP contribution in [0.5, 0.6) is 0 Å². The Morgan fingerprint density at radius 2 is 2.00 bits per heavy atom. The summed E-state index contributed by atoms with van der Waals surface area (Å²) in [5.74, 6) is -0.180. The molecule has 0 bridgehead atoms. The van der Waals surface area contributed by atoms with Crippen molar-refractivity contribution in [2.24, 2.45) is 0 Å². The Labute approximate surface area is 113 Å². The van der Waals surface area contributed by atoms with Gasteiger partial charge in [0.2, 0.25) is 0 Å². The van der Waals surface area contributed by atoms with Crippen LogP contribution >= 0.6 is 0 Å². The molecule has 0 aromatic heterocycles. The number of hydrogen-bond donors (Lipinski definition) is 1. The molecule has 2 aromatic carbocycles. The molecular weight excluding hydrogens is 237 g/mol. The van der Waals surface area contributed by atoms with Crippen LogP contribution in [0.25, 0.3) is 11.1 Å². The summed E-state index contributed by atoms with van der Waals surface area (Å²) in [5.41, 5.74) is 4.53. The number of nitrogens with one attached hydrogen (secondary N) is 1. The van der Waals surface area contributed by atoms with Gasteiger partial charge < -0.3 is 5.32 Å². The monoisotopic (exact) mass is 255 g/mol. The van der Waals surface area contributed by atoms with Gasteiger partial charge in [0.1, 0.15) is 5.82 Å². The quantitative estimate of drug-likeness (QED) is 0.869. The van der Waals surface area contributed by atoms with Crippen LogP contribution in [-0.2, 0) is 6.54 Å². The largest absolute Gasteiger partial charge is 0.310 e. The molecule has 0 aliphatic heterocycles. The van der Waals surface area contributed by atoms with Crippen molar-refractivity contribution in [1.29, 1.82) is 0 Å². The summed E-state index contributed by atoms with van der Waals surface area (Å²) in [6.45, 7) is 2.93. The van der Waals surface area contributed by atoms with Gasteiger partial charge in [-0.05, 0) is 48.6 Å². The molecule has 0 radical (unpaired) electrons. The van der Waals surface area contributed by atoms with E-state index in [-0.39, 0.29) is 5.82 Å². The van der Waals surface area contributed by atoms with Gasteiger partial charge in [0.15, 0.2) is 0 Å². The molecule has 1 aliphatic rings. The highest BCUT2D eigenvalue weighted by molar-refractivity contribution is 5.68. The molecule has 0 amide bonds. The fraction of sp³-hybridized carbons (Fsp3) is 0.294. The van der Waals surface area contributed by atoms with Crippen molar-refractivity contribution >= 4 is 0 Å². The third-order valence-electron chi connectivity index (χ3n) is 3.56. The molecule has 0 spiro atoms. The Morgan fingerprint density at radius 1 is 1.16 bits per heavy atom. The fourth-order valence-corrected chi connectivity index (χ4v) is 2.31. The van der Waals surface area contributed by atoms with Crippen LogP contribution in [0.3, 0.4) is 0 Å². The summed E-state index contributed by atoms with van der Waals surface area (Å²) < 4.78 is 13.4. The summed E-state index contributed by atoms with van der Waals surface area (Å²) in [6.07, 6.45) is 2.56. The Kier molecular flexibility index (Phi) is 3.34. The van der Waals surface area contributed by atoms with Crippen LogP contribution in [-0.4, -0.2) is 6.04 Å². The Balaban J connectivity index is 1.94. The summed E-state index contributed by atoms with van der Waals surface area (Å²) in [4.78, 5) is 0. The third-order valence-corrected chi connectivity index (χ3v) is 3.56. The Bertz CT molecular complexity index is 588. The highest BCUT2D eigenvalue weighted by atomic mass is 19.1. The summed E-state index contributed by atoms with van der Waals surface area (Å²) in [7, 11) is 0. The molecule has 0 unspecified atom stereocenters. The van der Waals surface area contributed by atoms with Crippen molar-refractivity contribution in [3.63, 3.8) is 0 Å². The van der Waals surface area contributed by atoms with E-state index in [1.54, 1.807) is 12.1 Å². The molecule has 19 heavy (non-hydrogen) atoms. The molecule has 1 nitrogen and oxygen atoms in total. The third kappa shape index (κ3) is 3.02. The van der Waals surface area contributed by atoms with Crippen LogP contribution in [0.15, 0.2) is 42.5 Å². The van der Waals surface area contributed by atoms with E-state index in [1.807, 2.05) is 6.07 Å². The maximum absolute atomic E-state index is 13.4. The molecule has 2 aromatic rings. The first kappa shape index (κ1) is 12.4. The van der Waals surface area contributed by atoms with E-state index in [1.165, 1.54) is 30.0 Å². The summed E-state index contributed by atoms with van der Waals surface area (Å²) >= 11 is 0. The summed E-state index contributed by atoms with van der Waals surface area (Å²) in [6, 6.07) is 13.9. The zero-order chi connectivity index (χ0) is 13.2. The van der Waals surface area contributed by atoms with Crippen molar-refractivity contribution in [1.82, 2.24) is 5.32 Å². The van der Waals surface area contributed by atoms with E-state index in [9.17, 15) is 4.39 Å². The van der Waals surface area contributed by atoms with Gasteiger partial charge in [0.25, 0.3) is 0 Å². The molecule has 0 heterocycles. The lowest BCUT2D eigenvalue weighted by molar-refractivity contribution is 0.628.